The minimum Gasteiger partial charge on any atom is -0.360 e. The molecular formula is C14H12N2O. The fourth-order valence-corrected chi connectivity index (χ4v) is 2.44. The maximum Gasteiger partial charge on any atom is 0.185 e. The van der Waals surface area contributed by atoms with Gasteiger partial charge in [0.05, 0.1) is 6.07 Å². The number of para-hydroxylation sites is 1. The Labute approximate surface area is 99.1 Å². The van der Waals surface area contributed by atoms with Gasteiger partial charge in [-0.25, -0.2) is 0 Å². The van der Waals surface area contributed by atoms with E-state index in [1.807, 2.05) is 24.3 Å². The third-order valence-electron chi connectivity index (χ3n) is 3.69. The van der Waals surface area contributed by atoms with Gasteiger partial charge in [0.1, 0.15) is 5.41 Å². The van der Waals surface area contributed by atoms with E-state index < -0.39 is 5.41 Å². The third kappa shape index (κ3) is 1.31. The fourth-order valence-electron chi connectivity index (χ4n) is 2.44. The molecule has 0 amide bonds. The molecule has 0 saturated heterocycles. The van der Waals surface area contributed by atoms with Crippen molar-refractivity contribution in [2.45, 2.75) is 19.3 Å². The van der Waals surface area contributed by atoms with E-state index in [2.05, 4.69) is 11.1 Å². The number of hydrogen-bond donors (Lipinski definition) is 1. The van der Waals surface area contributed by atoms with Crippen LogP contribution < -0.4 is 0 Å². The van der Waals surface area contributed by atoms with E-state index in [9.17, 15) is 10.1 Å². The van der Waals surface area contributed by atoms with Crippen molar-refractivity contribution in [2.75, 3.05) is 0 Å². The highest BCUT2D eigenvalue weighted by atomic mass is 16.1. The lowest BCUT2D eigenvalue weighted by Gasteiger charge is -2.33. The Morgan fingerprint density at radius 3 is 2.76 bits per heavy atom. The molecule has 3 heteroatoms. The largest absolute Gasteiger partial charge is 0.360 e. The molecule has 84 valence electrons. The number of benzene rings is 1. The summed E-state index contributed by atoms with van der Waals surface area (Å²) in [5.41, 5.74) is 0.843. The zero-order chi connectivity index (χ0) is 11.9. The average Bonchev–Trinajstić information content (AvgIpc) is 2.71. The Morgan fingerprint density at radius 1 is 1.35 bits per heavy atom. The number of aromatic nitrogens is 1. The number of carbonyl (C=O) groups excluding carboxylic acids is 1. The van der Waals surface area contributed by atoms with Gasteiger partial charge in [0.2, 0.25) is 0 Å². The first-order valence-electron chi connectivity index (χ1n) is 5.79. The van der Waals surface area contributed by atoms with E-state index in [0.29, 0.717) is 18.4 Å². The van der Waals surface area contributed by atoms with Crippen LogP contribution in [0.25, 0.3) is 10.9 Å². The van der Waals surface area contributed by atoms with Crippen molar-refractivity contribution in [3.63, 3.8) is 0 Å². The minimum atomic E-state index is -0.759. The summed E-state index contributed by atoms with van der Waals surface area (Å²) in [7, 11) is 0. The first kappa shape index (κ1) is 10.1. The Morgan fingerprint density at radius 2 is 2.12 bits per heavy atom. The highest BCUT2D eigenvalue weighted by Crippen LogP contribution is 2.43. The SMILES string of the molecule is N#CC1(C(=O)c2c[nH]c3ccccc23)CCC1. The minimum absolute atomic E-state index is 0.0244. The predicted molar refractivity (Wildman–Crippen MR) is 64.5 cm³/mol. The van der Waals surface area contributed by atoms with Gasteiger partial charge < -0.3 is 4.98 Å². The molecule has 1 N–H and O–H groups in total. The Hall–Kier alpha value is -2.08. The van der Waals surface area contributed by atoms with Crippen LogP contribution in [0.1, 0.15) is 29.6 Å². The monoisotopic (exact) mass is 224 g/mol. The first-order chi connectivity index (χ1) is 8.27. The number of fused-ring (bicyclic) bond motifs is 1. The molecule has 1 heterocycles. The molecule has 0 spiro atoms. The molecule has 0 bridgehead atoms. The van der Waals surface area contributed by atoms with Crippen LogP contribution in [-0.4, -0.2) is 10.8 Å². The molecule has 1 aliphatic rings. The number of nitrogens with one attached hydrogen (secondary N) is 1. The highest BCUT2D eigenvalue weighted by Gasteiger charge is 2.45. The zero-order valence-corrected chi connectivity index (χ0v) is 9.36. The average molecular weight is 224 g/mol. The lowest BCUT2D eigenvalue weighted by molar-refractivity contribution is 0.0750. The Kier molecular flexibility index (Phi) is 2.05. The van der Waals surface area contributed by atoms with Crippen molar-refractivity contribution in [1.82, 2.24) is 4.98 Å². The normalized spacial score (nSPS) is 17.4. The maximum atomic E-state index is 12.4. The van der Waals surface area contributed by atoms with Gasteiger partial charge in [0.15, 0.2) is 5.78 Å². The quantitative estimate of drug-likeness (QED) is 0.797. The van der Waals surface area contributed by atoms with Crippen molar-refractivity contribution in [1.29, 1.82) is 5.26 Å². The molecule has 17 heavy (non-hydrogen) atoms. The standard InChI is InChI=1S/C14H12N2O/c15-9-14(6-3-7-14)13(17)11-8-16-12-5-2-1-4-10(11)12/h1-2,4-5,8,16H,3,6-7H2. The zero-order valence-electron chi connectivity index (χ0n) is 9.36. The van der Waals surface area contributed by atoms with Crippen molar-refractivity contribution in [3.8, 4) is 6.07 Å². The van der Waals surface area contributed by atoms with E-state index in [1.165, 1.54) is 0 Å². The second-order valence-electron chi connectivity index (χ2n) is 4.62. The van der Waals surface area contributed by atoms with Crippen molar-refractivity contribution in [3.05, 3.63) is 36.0 Å². The van der Waals surface area contributed by atoms with Gasteiger partial charge in [-0.2, -0.15) is 5.26 Å². The molecule has 0 radical (unpaired) electrons. The van der Waals surface area contributed by atoms with Gasteiger partial charge in [0, 0.05) is 22.7 Å². The summed E-state index contributed by atoms with van der Waals surface area (Å²) in [6.07, 6.45) is 4.09. The summed E-state index contributed by atoms with van der Waals surface area (Å²) in [5.74, 6) is -0.0244. The van der Waals surface area contributed by atoms with E-state index in [4.69, 9.17) is 0 Å². The summed E-state index contributed by atoms with van der Waals surface area (Å²) in [6, 6.07) is 9.90. The van der Waals surface area contributed by atoms with Crippen LogP contribution >= 0.6 is 0 Å². The topological polar surface area (TPSA) is 56.6 Å². The van der Waals surface area contributed by atoms with Gasteiger partial charge in [-0.1, -0.05) is 18.2 Å². The second kappa shape index (κ2) is 3.46. The molecule has 1 saturated carbocycles. The van der Waals surface area contributed by atoms with E-state index in [1.54, 1.807) is 6.20 Å². The Bertz CT molecular complexity index is 629. The number of hydrogen-bond acceptors (Lipinski definition) is 2. The number of ketones is 1. The number of H-pyrrole nitrogens is 1. The second-order valence-corrected chi connectivity index (χ2v) is 4.62. The summed E-state index contributed by atoms with van der Waals surface area (Å²) in [5, 5.41) is 10.1. The van der Waals surface area contributed by atoms with Crippen LogP contribution in [0.4, 0.5) is 0 Å². The maximum absolute atomic E-state index is 12.4. The Balaban J connectivity index is 2.11. The van der Waals surface area contributed by atoms with Gasteiger partial charge in [0.25, 0.3) is 0 Å². The lowest BCUT2D eigenvalue weighted by atomic mass is 9.65. The summed E-state index contributed by atoms with van der Waals surface area (Å²) in [4.78, 5) is 15.5. The number of rotatable bonds is 2. The highest BCUT2D eigenvalue weighted by molar-refractivity contribution is 6.11. The molecule has 1 aromatic heterocycles. The van der Waals surface area contributed by atoms with E-state index in [-0.39, 0.29) is 5.78 Å². The van der Waals surface area contributed by atoms with Crippen LogP contribution in [0.5, 0.6) is 0 Å². The summed E-state index contributed by atoms with van der Waals surface area (Å²) >= 11 is 0. The molecule has 1 aromatic carbocycles. The number of Topliss-reactive ketones (excluding diaryl/α,β-unsaturated/α-hetero) is 1. The molecule has 0 atom stereocenters. The summed E-state index contributed by atoms with van der Waals surface area (Å²) < 4.78 is 0. The van der Waals surface area contributed by atoms with Crippen LogP contribution in [-0.2, 0) is 0 Å². The van der Waals surface area contributed by atoms with Gasteiger partial charge >= 0.3 is 0 Å². The van der Waals surface area contributed by atoms with Crippen molar-refractivity contribution >= 4 is 16.7 Å². The summed E-state index contributed by atoms with van der Waals surface area (Å²) in [6.45, 7) is 0. The smallest absolute Gasteiger partial charge is 0.185 e. The molecular weight excluding hydrogens is 212 g/mol. The number of carbonyl (C=O) groups is 1. The van der Waals surface area contributed by atoms with Crippen molar-refractivity contribution < 1.29 is 4.79 Å². The molecule has 0 unspecified atom stereocenters. The molecule has 1 fully saturated rings. The number of nitriles is 1. The molecule has 3 nitrogen and oxygen atoms in total. The fraction of sp³-hybridized carbons (Fsp3) is 0.286. The van der Waals surface area contributed by atoms with Gasteiger partial charge in [-0.15, -0.1) is 0 Å². The number of aromatic amines is 1. The molecule has 3 rings (SSSR count). The van der Waals surface area contributed by atoms with E-state index >= 15 is 0 Å². The third-order valence-corrected chi connectivity index (χ3v) is 3.69. The molecule has 0 aliphatic heterocycles. The lowest BCUT2D eigenvalue weighted by Crippen LogP contribution is -2.36. The van der Waals surface area contributed by atoms with Crippen molar-refractivity contribution in [2.24, 2.45) is 5.41 Å². The molecule has 1 aliphatic carbocycles. The van der Waals surface area contributed by atoms with Gasteiger partial charge in [-0.05, 0) is 25.3 Å². The number of nitrogens with zero attached hydrogens (tertiary/aromatic N) is 1. The van der Waals surface area contributed by atoms with Crippen LogP contribution in [0.15, 0.2) is 30.5 Å². The first-order valence-corrected chi connectivity index (χ1v) is 5.79. The van der Waals surface area contributed by atoms with Crippen LogP contribution in [0.2, 0.25) is 0 Å². The van der Waals surface area contributed by atoms with E-state index in [0.717, 1.165) is 17.3 Å². The van der Waals surface area contributed by atoms with Gasteiger partial charge in [-0.3, -0.25) is 4.79 Å². The predicted octanol–water partition coefficient (Wildman–Crippen LogP) is 3.04. The molecule has 2 aromatic rings. The van der Waals surface area contributed by atoms with Crippen LogP contribution in [0.3, 0.4) is 0 Å². The van der Waals surface area contributed by atoms with Crippen LogP contribution in [0, 0.1) is 16.7 Å².